The number of hydrogen-bond donors (Lipinski definition) is 2. The Balaban J connectivity index is 1.56. The highest BCUT2D eigenvalue weighted by Gasteiger charge is 2.29. The summed E-state index contributed by atoms with van der Waals surface area (Å²) in [7, 11) is 0. The molecule has 0 radical (unpaired) electrons. The summed E-state index contributed by atoms with van der Waals surface area (Å²) in [4.78, 5) is 2.21. The highest BCUT2D eigenvalue weighted by molar-refractivity contribution is 5.66. The molecule has 2 aromatic rings. The van der Waals surface area contributed by atoms with Gasteiger partial charge in [0.1, 0.15) is 6.07 Å². The maximum atomic E-state index is 9.71. The Hall–Kier alpha value is -2.51. The molecule has 4 rings (SSSR count). The van der Waals surface area contributed by atoms with Crippen molar-refractivity contribution in [3.63, 3.8) is 0 Å². The van der Waals surface area contributed by atoms with E-state index in [4.69, 9.17) is 0 Å². The second-order valence-corrected chi connectivity index (χ2v) is 7.56. The topological polar surface area (TPSA) is 59.3 Å². The summed E-state index contributed by atoms with van der Waals surface area (Å²) in [6, 6.07) is 17.3. The van der Waals surface area contributed by atoms with Crippen LogP contribution in [0.1, 0.15) is 42.5 Å². The molecule has 0 amide bonds. The van der Waals surface area contributed by atoms with Crippen molar-refractivity contribution in [1.29, 1.82) is 5.26 Å². The van der Waals surface area contributed by atoms with Crippen LogP contribution >= 0.6 is 0 Å². The van der Waals surface area contributed by atoms with Crippen molar-refractivity contribution in [2.45, 2.75) is 38.3 Å². The molecule has 4 heteroatoms. The van der Waals surface area contributed by atoms with Crippen LogP contribution in [-0.4, -0.2) is 24.3 Å². The predicted octanol–water partition coefficient (Wildman–Crippen LogP) is 3.86. The minimum absolute atomic E-state index is 0.207. The first-order valence-electron chi connectivity index (χ1n) is 9.47. The maximum absolute atomic E-state index is 9.71. The van der Waals surface area contributed by atoms with Gasteiger partial charge in [-0.3, -0.25) is 0 Å². The van der Waals surface area contributed by atoms with Crippen LogP contribution in [0.2, 0.25) is 0 Å². The van der Waals surface area contributed by atoms with E-state index in [-0.39, 0.29) is 12.1 Å². The Morgan fingerprint density at radius 1 is 1.15 bits per heavy atom. The predicted molar refractivity (Wildman–Crippen MR) is 104 cm³/mol. The number of nitriles is 1. The molecule has 2 unspecified atom stereocenters. The summed E-state index contributed by atoms with van der Waals surface area (Å²) in [5.74, 6) is 0.529. The lowest BCUT2D eigenvalue weighted by atomic mass is 10.0. The zero-order valence-electron chi connectivity index (χ0n) is 15.2. The molecule has 1 heterocycles. The van der Waals surface area contributed by atoms with Gasteiger partial charge in [-0.25, -0.2) is 0 Å². The minimum Gasteiger partial charge on any atom is -0.393 e. The SMILES string of the molecule is CC1Cc2ccccc2C1Nc1ccc(N2CCC(O)CC2)c(C#N)c1. The molecule has 2 atom stereocenters. The standard InChI is InChI=1S/C22H25N3O/c1-15-12-16-4-2-3-5-20(16)22(15)24-18-6-7-21(17(13-18)14-23)25-10-8-19(26)9-11-25/h2-7,13,15,19,22,24,26H,8-12H2,1H3. The van der Waals surface area contributed by atoms with Gasteiger partial charge in [-0.1, -0.05) is 31.2 Å². The summed E-state index contributed by atoms with van der Waals surface area (Å²) >= 11 is 0. The molecule has 2 aromatic carbocycles. The van der Waals surface area contributed by atoms with Gasteiger partial charge in [0.25, 0.3) is 0 Å². The van der Waals surface area contributed by atoms with Crippen molar-refractivity contribution in [2.24, 2.45) is 5.92 Å². The highest BCUT2D eigenvalue weighted by atomic mass is 16.3. The van der Waals surface area contributed by atoms with Crippen LogP contribution in [0, 0.1) is 17.2 Å². The molecule has 134 valence electrons. The van der Waals surface area contributed by atoms with Crippen molar-refractivity contribution < 1.29 is 5.11 Å². The highest BCUT2D eigenvalue weighted by Crippen LogP contribution is 2.38. The Bertz CT molecular complexity index is 834. The number of anilines is 2. The number of nitrogens with one attached hydrogen (secondary N) is 1. The lowest BCUT2D eigenvalue weighted by molar-refractivity contribution is 0.145. The third-order valence-electron chi connectivity index (χ3n) is 5.75. The Kier molecular flexibility index (Phi) is 4.57. The van der Waals surface area contributed by atoms with Gasteiger partial charge in [0, 0.05) is 18.8 Å². The van der Waals surface area contributed by atoms with Gasteiger partial charge in [-0.05, 0) is 54.5 Å². The smallest absolute Gasteiger partial charge is 0.101 e. The van der Waals surface area contributed by atoms with Crippen molar-refractivity contribution in [3.8, 4) is 6.07 Å². The fourth-order valence-corrected chi connectivity index (χ4v) is 4.29. The Labute approximate surface area is 155 Å². The first kappa shape index (κ1) is 16.9. The van der Waals surface area contributed by atoms with Crippen LogP contribution in [0.3, 0.4) is 0 Å². The largest absolute Gasteiger partial charge is 0.393 e. The monoisotopic (exact) mass is 347 g/mol. The van der Waals surface area contributed by atoms with E-state index in [0.717, 1.165) is 43.7 Å². The average Bonchev–Trinajstić information content (AvgIpc) is 2.98. The van der Waals surface area contributed by atoms with E-state index in [1.807, 2.05) is 12.1 Å². The summed E-state index contributed by atoms with van der Waals surface area (Å²) in [6.45, 7) is 3.88. The molecule has 0 spiro atoms. The molecule has 0 aromatic heterocycles. The van der Waals surface area contributed by atoms with Gasteiger partial charge < -0.3 is 15.3 Å². The Morgan fingerprint density at radius 3 is 2.69 bits per heavy atom. The van der Waals surface area contributed by atoms with E-state index < -0.39 is 0 Å². The molecular formula is C22H25N3O. The maximum Gasteiger partial charge on any atom is 0.101 e. The number of hydrogen-bond acceptors (Lipinski definition) is 4. The van der Waals surface area contributed by atoms with E-state index in [1.54, 1.807) is 0 Å². The van der Waals surface area contributed by atoms with E-state index in [1.165, 1.54) is 11.1 Å². The van der Waals surface area contributed by atoms with Crippen LogP contribution in [0.4, 0.5) is 11.4 Å². The number of piperidine rings is 1. The van der Waals surface area contributed by atoms with E-state index in [9.17, 15) is 10.4 Å². The molecular weight excluding hydrogens is 322 g/mol. The van der Waals surface area contributed by atoms with Gasteiger partial charge in [0.2, 0.25) is 0 Å². The summed E-state index contributed by atoms with van der Waals surface area (Å²) in [6.07, 6.45) is 2.41. The van der Waals surface area contributed by atoms with E-state index in [2.05, 4.69) is 53.5 Å². The van der Waals surface area contributed by atoms with Crippen LogP contribution < -0.4 is 10.2 Å². The average molecular weight is 347 g/mol. The van der Waals surface area contributed by atoms with Crippen molar-refractivity contribution in [3.05, 3.63) is 59.2 Å². The van der Waals surface area contributed by atoms with Crippen LogP contribution in [0.5, 0.6) is 0 Å². The number of aliphatic hydroxyl groups excluding tert-OH is 1. The van der Waals surface area contributed by atoms with Crippen molar-refractivity contribution >= 4 is 11.4 Å². The second-order valence-electron chi connectivity index (χ2n) is 7.56. The zero-order chi connectivity index (χ0) is 18.1. The third kappa shape index (κ3) is 3.15. The zero-order valence-corrected chi connectivity index (χ0v) is 15.2. The fourth-order valence-electron chi connectivity index (χ4n) is 4.29. The summed E-state index contributed by atoms with van der Waals surface area (Å²) in [5.41, 5.74) is 5.46. The second kappa shape index (κ2) is 7.01. The molecule has 26 heavy (non-hydrogen) atoms. The molecule has 2 N–H and O–H groups in total. The van der Waals surface area contributed by atoms with Gasteiger partial charge >= 0.3 is 0 Å². The van der Waals surface area contributed by atoms with Crippen molar-refractivity contribution in [2.75, 3.05) is 23.3 Å². The van der Waals surface area contributed by atoms with Crippen LogP contribution in [0.25, 0.3) is 0 Å². The lowest BCUT2D eigenvalue weighted by Gasteiger charge is -2.32. The summed E-state index contributed by atoms with van der Waals surface area (Å²) in [5, 5.41) is 23.0. The summed E-state index contributed by atoms with van der Waals surface area (Å²) < 4.78 is 0. The first-order chi connectivity index (χ1) is 12.7. The quantitative estimate of drug-likeness (QED) is 0.885. The van der Waals surface area contributed by atoms with Gasteiger partial charge in [0.15, 0.2) is 0 Å². The molecule has 2 aliphatic rings. The number of nitrogens with zero attached hydrogens (tertiary/aromatic N) is 2. The van der Waals surface area contributed by atoms with Crippen LogP contribution in [0.15, 0.2) is 42.5 Å². The molecule has 0 saturated carbocycles. The molecule has 0 bridgehead atoms. The van der Waals surface area contributed by atoms with E-state index >= 15 is 0 Å². The lowest BCUT2D eigenvalue weighted by Crippen LogP contribution is -2.36. The van der Waals surface area contributed by atoms with E-state index in [0.29, 0.717) is 11.5 Å². The third-order valence-corrected chi connectivity index (χ3v) is 5.75. The number of benzene rings is 2. The molecule has 1 saturated heterocycles. The Morgan fingerprint density at radius 2 is 1.92 bits per heavy atom. The molecule has 4 nitrogen and oxygen atoms in total. The normalized spacial score (nSPS) is 22.7. The minimum atomic E-state index is -0.207. The molecule has 1 aliphatic heterocycles. The van der Waals surface area contributed by atoms with Gasteiger partial charge in [-0.2, -0.15) is 5.26 Å². The van der Waals surface area contributed by atoms with Crippen molar-refractivity contribution in [1.82, 2.24) is 0 Å². The fraction of sp³-hybridized carbons (Fsp3) is 0.409. The van der Waals surface area contributed by atoms with Gasteiger partial charge in [0.05, 0.1) is 23.4 Å². The number of fused-ring (bicyclic) bond motifs is 1. The molecule has 1 aliphatic carbocycles. The van der Waals surface area contributed by atoms with Crippen LogP contribution in [-0.2, 0) is 6.42 Å². The number of aliphatic hydroxyl groups is 1. The first-order valence-corrected chi connectivity index (χ1v) is 9.47. The number of rotatable bonds is 3. The molecule has 1 fully saturated rings. The van der Waals surface area contributed by atoms with Gasteiger partial charge in [-0.15, -0.1) is 0 Å².